The Labute approximate surface area is 567 Å². The summed E-state index contributed by atoms with van der Waals surface area (Å²) in [5, 5.41) is 58.5. The van der Waals surface area contributed by atoms with E-state index in [2.05, 4.69) is 93.5 Å². The molecule has 14 N–H and O–H groups in total. The zero-order valence-corrected chi connectivity index (χ0v) is 54.6. The molecule has 3 aromatic carbocycles. The smallest absolute Gasteiger partial charge is 0.328 e. The highest BCUT2D eigenvalue weighted by Gasteiger charge is 2.26. The van der Waals surface area contributed by atoms with Crippen molar-refractivity contribution in [2.45, 2.75) is 113 Å². The van der Waals surface area contributed by atoms with Gasteiger partial charge in [0, 0.05) is 124 Å². The number of amides is 7. The van der Waals surface area contributed by atoms with Gasteiger partial charge in [0.2, 0.25) is 29.6 Å². The molecule has 3 atom stereocenters. The number of rotatable bonds is 41. The molecule has 8 rings (SSSR count). The first kappa shape index (κ1) is 73.3. The average molecular weight is 1380 g/mol. The summed E-state index contributed by atoms with van der Waals surface area (Å²) in [6.07, 6.45) is 14.1. The second-order valence-corrected chi connectivity index (χ2v) is 24.1. The SMILES string of the molecule is O=C(CCC(NC(=O)c1ccc(N/N=C/c2ccccc2S(=O)(=O)O)nc1)C(=O)NCCCCCC(=O)N[C@@H](CNC(=O)c1ccc2c(cnn2CCCNC2=NCC=N2)c1)C(=O)O)NCCCCCC(=O)N[C@@H](CNC(=O)c1ccc2c(cnn2CCCNc2ncc[nH]2)c1)C(=O)O. The number of benzene rings is 3. The van der Waals surface area contributed by atoms with Gasteiger partial charge in [-0.15, -0.1) is 0 Å². The Morgan fingerprint density at radius 2 is 1.19 bits per heavy atom. The van der Waals surface area contributed by atoms with Gasteiger partial charge in [0.15, 0.2) is 5.95 Å². The summed E-state index contributed by atoms with van der Waals surface area (Å²) < 4.78 is 36.7. The van der Waals surface area contributed by atoms with Crippen molar-refractivity contribution in [1.82, 2.24) is 77.0 Å². The number of aromatic nitrogens is 7. The summed E-state index contributed by atoms with van der Waals surface area (Å²) in [4.78, 5) is 136. The molecule has 0 radical (unpaired) electrons. The number of hydrogen-bond donors (Lipinski definition) is 14. The van der Waals surface area contributed by atoms with Crippen LogP contribution in [0.4, 0.5) is 11.8 Å². The lowest BCUT2D eigenvalue weighted by molar-refractivity contribution is -0.142. The number of guanidine groups is 1. The Balaban J connectivity index is 0.743. The zero-order chi connectivity index (χ0) is 70.5. The number of aromatic amines is 1. The molecule has 0 saturated heterocycles. The molecule has 1 unspecified atom stereocenters. The maximum absolute atomic E-state index is 13.7. The monoisotopic (exact) mass is 1380 g/mol. The normalized spacial score (nSPS) is 12.8. The number of carbonyl (C=O) groups excluding carboxylic acids is 7. The largest absolute Gasteiger partial charge is 0.480 e. The number of nitrogens with zero attached hydrogens (tertiary/aromatic N) is 9. The molecule has 7 amide bonds. The van der Waals surface area contributed by atoms with Crippen molar-refractivity contribution in [2.75, 3.05) is 56.6 Å². The molecule has 0 fully saturated rings. The number of carboxylic acids is 2. The maximum Gasteiger partial charge on any atom is 0.328 e. The number of carboxylic acid groups (broad SMARTS) is 2. The fraction of sp³-hybridized carbons (Fsp3) is 0.375. The highest BCUT2D eigenvalue weighted by molar-refractivity contribution is 7.86. The second-order valence-electron chi connectivity index (χ2n) is 22.7. The number of aliphatic carboxylic acids is 2. The number of anilines is 2. The number of hydrazone groups is 1. The van der Waals surface area contributed by atoms with Gasteiger partial charge in [-0.1, -0.05) is 31.0 Å². The van der Waals surface area contributed by atoms with Crippen LogP contribution in [0, 0.1) is 0 Å². The molecule has 99 heavy (non-hydrogen) atoms. The van der Waals surface area contributed by atoms with Crippen molar-refractivity contribution >= 4 is 115 Å². The highest BCUT2D eigenvalue weighted by Crippen LogP contribution is 2.19. The molecule has 4 aromatic heterocycles. The number of carbonyl (C=O) groups is 9. The molecule has 0 aliphatic carbocycles. The molecule has 7 aromatic rings. The Kier molecular flexibility index (Phi) is 27.5. The van der Waals surface area contributed by atoms with E-state index in [0.29, 0.717) is 88.5 Å². The first-order valence-corrected chi connectivity index (χ1v) is 33.4. The minimum absolute atomic E-state index is 0.0225. The van der Waals surface area contributed by atoms with Crippen molar-refractivity contribution in [1.29, 1.82) is 0 Å². The summed E-state index contributed by atoms with van der Waals surface area (Å²) in [5.74, 6) is -5.29. The number of imidazole rings is 1. The number of nitrogens with one attached hydrogen (secondary N) is 11. The number of H-pyrrole nitrogens is 1. The van der Waals surface area contributed by atoms with E-state index in [4.69, 9.17) is 0 Å². The predicted octanol–water partition coefficient (Wildman–Crippen LogP) is 2.35. The summed E-state index contributed by atoms with van der Waals surface area (Å²) in [7, 11) is -4.54. The van der Waals surface area contributed by atoms with Crippen LogP contribution in [0.15, 0.2) is 124 Å². The second kappa shape index (κ2) is 37.1. The topological polar surface area (TPSA) is 483 Å². The Hall–Kier alpha value is -11.5. The molecule has 0 bridgehead atoms. The van der Waals surface area contributed by atoms with Gasteiger partial charge >= 0.3 is 11.9 Å². The van der Waals surface area contributed by atoms with E-state index in [1.165, 1.54) is 36.5 Å². The first-order valence-electron chi connectivity index (χ1n) is 32.0. The number of fused-ring (bicyclic) bond motifs is 2. The minimum atomic E-state index is -4.54. The van der Waals surface area contributed by atoms with Crippen LogP contribution in [0.25, 0.3) is 21.8 Å². The van der Waals surface area contributed by atoms with Gasteiger partial charge in [-0.3, -0.25) is 52.9 Å². The van der Waals surface area contributed by atoms with E-state index in [-0.39, 0.29) is 78.3 Å². The van der Waals surface area contributed by atoms with Crippen LogP contribution in [-0.4, -0.2) is 193 Å². The minimum Gasteiger partial charge on any atom is -0.480 e. The first-order chi connectivity index (χ1) is 47.8. The fourth-order valence-electron chi connectivity index (χ4n) is 10.2. The number of aryl methyl sites for hydroxylation is 2. The van der Waals surface area contributed by atoms with E-state index >= 15 is 0 Å². The van der Waals surface area contributed by atoms with E-state index in [1.807, 2.05) is 9.36 Å². The van der Waals surface area contributed by atoms with Crippen LogP contribution in [-0.2, 0) is 52.0 Å². The third-order valence-corrected chi connectivity index (χ3v) is 16.3. The van der Waals surface area contributed by atoms with Gasteiger partial charge in [-0.25, -0.2) is 29.5 Å². The molecule has 35 heteroatoms. The lowest BCUT2D eigenvalue weighted by Gasteiger charge is -2.19. The molecular weight excluding hydrogens is 1300 g/mol. The van der Waals surface area contributed by atoms with Crippen LogP contribution >= 0.6 is 0 Å². The van der Waals surface area contributed by atoms with Crippen molar-refractivity contribution < 1.29 is 66.3 Å². The number of pyridine rings is 1. The van der Waals surface area contributed by atoms with Crippen LogP contribution in [0.2, 0.25) is 0 Å². The van der Waals surface area contributed by atoms with Crippen LogP contribution < -0.4 is 53.3 Å². The van der Waals surface area contributed by atoms with Crippen molar-refractivity contribution in [2.24, 2.45) is 15.1 Å². The standard InChI is InChI=1S/C64H78N20O14S/c85-54(65-23-7-1-3-13-55(86)79-48(61(92)93)39-74-57(88)41-15-19-50-45(33-41)37-77-83(50)31-9-25-67-63-69-27-28-70-63)22-18-47(81-59(90)44-17-21-53(73-35-44)82-76-36-43-11-5-6-12-52(43)99(96,97)98)60(91)66-24-8-2-4-14-56(87)80-49(62(94)95)40-75-58(89)42-16-20-51-46(34-42)38-78-84(51)32-10-26-68-64-71-29-30-72-64/h5-6,11-12,15-17,19-21,27-29,33-38,47-49H,1-4,7-10,13-14,18,22-26,30-32,39-40H2,(H,65,85)(H,66,91)(H,68,72)(H,73,82)(H,74,88)(H,75,89)(H,79,86)(H,80,87)(H,81,90)(H,92,93)(H,94,95)(H2,67,69,70)(H,96,97,98)/b76-36+/t47?,48-,49-/m0/s1. The maximum atomic E-state index is 13.7. The van der Waals surface area contributed by atoms with Crippen LogP contribution in [0.5, 0.6) is 0 Å². The molecule has 34 nitrogen and oxygen atoms in total. The van der Waals surface area contributed by atoms with E-state index in [1.54, 1.807) is 73.5 Å². The average Bonchev–Trinajstić information content (AvgIpc) is 1.70. The van der Waals surface area contributed by atoms with Crippen molar-refractivity contribution in [3.8, 4) is 0 Å². The quantitative estimate of drug-likeness (QED) is 0.0113. The summed E-state index contributed by atoms with van der Waals surface area (Å²) in [5.41, 5.74) is 4.89. The Morgan fingerprint density at radius 1 is 0.596 bits per heavy atom. The third kappa shape index (κ3) is 23.4. The van der Waals surface area contributed by atoms with E-state index in [0.717, 1.165) is 35.5 Å². The van der Waals surface area contributed by atoms with E-state index < -0.39 is 88.1 Å². The number of aliphatic imine (C=N–C) groups is 2. The molecule has 5 heterocycles. The van der Waals surface area contributed by atoms with Crippen molar-refractivity contribution in [3.63, 3.8) is 0 Å². The van der Waals surface area contributed by atoms with Gasteiger partial charge in [-0.2, -0.15) is 23.7 Å². The molecule has 524 valence electrons. The fourth-order valence-corrected chi connectivity index (χ4v) is 10.8. The highest BCUT2D eigenvalue weighted by atomic mass is 32.2. The summed E-state index contributed by atoms with van der Waals surface area (Å²) >= 11 is 0. The number of unbranched alkanes of at least 4 members (excludes halogenated alkanes) is 4. The lowest BCUT2D eigenvalue weighted by Crippen LogP contribution is -2.48. The molecule has 0 spiro atoms. The summed E-state index contributed by atoms with van der Waals surface area (Å²) in [6, 6.07) is 14.3. The van der Waals surface area contributed by atoms with Gasteiger partial charge in [0.05, 0.1) is 41.7 Å². The Morgan fingerprint density at radius 3 is 1.75 bits per heavy atom. The number of hydrogen-bond acceptors (Lipinski definition) is 21. The summed E-state index contributed by atoms with van der Waals surface area (Å²) in [6.45, 7) is 2.59. The molecular formula is C64H78N20O14S. The van der Waals surface area contributed by atoms with Gasteiger partial charge < -0.3 is 63.0 Å². The lowest BCUT2D eigenvalue weighted by atomic mass is 10.1. The third-order valence-electron chi connectivity index (χ3n) is 15.4. The van der Waals surface area contributed by atoms with E-state index in [9.17, 15) is 66.3 Å². The van der Waals surface area contributed by atoms with Gasteiger partial charge in [0.25, 0.3) is 27.8 Å². The van der Waals surface area contributed by atoms with Crippen LogP contribution in [0.3, 0.4) is 0 Å². The molecule has 0 saturated carbocycles. The Bertz CT molecular complexity index is 4180. The van der Waals surface area contributed by atoms with Gasteiger partial charge in [0.1, 0.15) is 28.8 Å². The molecule has 1 aliphatic rings. The predicted molar refractivity (Wildman–Crippen MR) is 364 cm³/mol. The van der Waals surface area contributed by atoms with Crippen molar-refractivity contribution in [3.05, 3.63) is 126 Å². The van der Waals surface area contributed by atoms with Crippen LogP contribution in [0.1, 0.15) is 114 Å². The van der Waals surface area contributed by atoms with Gasteiger partial charge in [-0.05, 0) is 99.5 Å². The molecule has 1 aliphatic heterocycles. The zero-order valence-electron chi connectivity index (χ0n) is 53.8.